The molecule has 1 fully saturated rings. The zero-order valence-electron chi connectivity index (χ0n) is 19.8. The topological polar surface area (TPSA) is 61.8 Å². The SMILES string of the molecule is O=C(NC1CCCCC1)C(c1ccccc1)N1CC(c2ccc(Cl)cc2)=Nc2ccc(Cl)cc2C1=O. The van der Waals surface area contributed by atoms with Crippen LogP contribution in [0.1, 0.15) is 59.6 Å². The molecule has 3 aromatic carbocycles. The van der Waals surface area contributed by atoms with E-state index in [1.54, 1.807) is 35.2 Å². The van der Waals surface area contributed by atoms with E-state index in [1.807, 2.05) is 42.5 Å². The minimum absolute atomic E-state index is 0.116. The van der Waals surface area contributed by atoms with Gasteiger partial charge in [-0.3, -0.25) is 14.6 Å². The van der Waals surface area contributed by atoms with Crippen molar-refractivity contribution in [2.24, 2.45) is 4.99 Å². The van der Waals surface area contributed by atoms with E-state index < -0.39 is 6.04 Å². The van der Waals surface area contributed by atoms with Crippen molar-refractivity contribution in [1.82, 2.24) is 10.2 Å². The largest absolute Gasteiger partial charge is 0.351 e. The van der Waals surface area contributed by atoms with Crippen LogP contribution in [-0.2, 0) is 4.79 Å². The predicted octanol–water partition coefficient (Wildman–Crippen LogP) is 6.76. The van der Waals surface area contributed by atoms with E-state index in [-0.39, 0.29) is 24.4 Å². The normalized spacial score (nSPS) is 17.1. The summed E-state index contributed by atoms with van der Waals surface area (Å²) in [5.41, 5.74) is 3.15. The summed E-state index contributed by atoms with van der Waals surface area (Å²) in [5.74, 6) is -0.463. The number of carbonyl (C=O) groups is 2. The Balaban J connectivity index is 1.59. The molecule has 1 unspecified atom stereocenters. The molecule has 5 rings (SSSR count). The number of hydrogen-bond acceptors (Lipinski definition) is 3. The summed E-state index contributed by atoms with van der Waals surface area (Å²) in [5, 5.41) is 4.29. The summed E-state index contributed by atoms with van der Waals surface area (Å²) in [7, 11) is 0. The van der Waals surface area contributed by atoms with Gasteiger partial charge in [0.1, 0.15) is 6.04 Å². The molecule has 184 valence electrons. The maximum Gasteiger partial charge on any atom is 0.257 e. The van der Waals surface area contributed by atoms with Crippen LogP contribution in [-0.4, -0.2) is 35.0 Å². The Morgan fingerprint density at radius 2 is 1.61 bits per heavy atom. The number of nitrogens with zero attached hydrogens (tertiary/aromatic N) is 2. The molecule has 0 bridgehead atoms. The van der Waals surface area contributed by atoms with Crippen LogP contribution in [0, 0.1) is 0 Å². The lowest BCUT2D eigenvalue weighted by molar-refractivity contribution is -0.126. The smallest absolute Gasteiger partial charge is 0.257 e. The highest BCUT2D eigenvalue weighted by molar-refractivity contribution is 6.31. The third-order valence-corrected chi connectivity index (χ3v) is 7.32. The molecule has 1 N–H and O–H groups in total. The van der Waals surface area contributed by atoms with E-state index in [1.165, 1.54) is 6.42 Å². The van der Waals surface area contributed by atoms with Crippen molar-refractivity contribution in [3.05, 3.63) is 99.5 Å². The summed E-state index contributed by atoms with van der Waals surface area (Å²) in [4.78, 5) is 34.3. The number of hydrogen-bond donors (Lipinski definition) is 1. The highest BCUT2D eigenvalue weighted by Gasteiger charge is 2.36. The quantitative estimate of drug-likeness (QED) is 0.404. The highest BCUT2D eigenvalue weighted by Crippen LogP contribution is 2.33. The first-order valence-electron chi connectivity index (χ1n) is 12.3. The fourth-order valence-corrected chi connectivity index (χ4v) is 5.29. The summed E-state index contributed by atoms with van der Waals surface area (Å²) in [6, 6.07) is 21.2. The third-order valence-electron chi connectivity index (χ3n) is 6.83. The second kappa shape index (κ2) is 10.9. The lowest BCUT2D eigenvalue weighted by Crippen LogP contribution is -2.48. The number of fused-ring (bicyclic) bond motifs is 1. The molecule has 2 amide bonds. The Morgan fingerprint density at radius 1 is 0.917 bits per heavy atom. The summed E-state index contributed by atoms with van der Waals surface area (Å²) >= 11 is 12.4. The molecular weight excluding hydrogens is 493 g/mol. The molecule has 1 aliphatic carbocycles. The predicted molar refractivity (Wildman–Crippen MR) is 144 cm³/mol. The number of rotatable bonds is 5. The van der Waals surface area contributed by atoms with Gasteiger partial charge < -0.3 is 10.2 Å². The number of carbonyl (C=O) groups excluding carboxylic acids is 2. The van der Waals surface area contributed by atoms with Gasteiger partial charge in [-0.15, -0.1) is 0 Å². The molecule has 1 aliphatic heterocycles. The Labute approximate surface area is 221 Å². The average Bonchev–Trinajstić information content (AvgIpc) is 3.03. The number of benzene rings is 3. The van der Waals surface area contributed by atoms with Crippen LogP contribution in [0.2, 0.25) is 10.0 Å². The summed E-state index contributed by atoms with van der Waals surface area (Å²) < 4.78 is 0. The maximum atomic E-state index is 14.0. The first-order chi connectivity index (χ1) is 17.5. The van der Waals surface area contributed by atoms with E-state index in [9.17, 15) is 9.59 Å². The van der Waals surface area contributed by atoms with Gasteiger partial charge in [0.15, 0.2) is 0 Å². The van der Waals surface area contributed by atoms with Gasteiger partial charge >= 0.3 is 0 Å². The van der Waals surface area contributed by atoms with Crippen LogP contribution in [0.5, 0.6) is 0 Å². The van der Waals surface area contributed by atoms with Gasteiger partial charge in [0.05, 0.1) is 23.5 Å². The second-order valence-corrected chi connectivity index (χ2v) is 10.2. The molecule has 0 spiro atoms. The molecule has 1 atom stereocenters. The molecule has 1 saturated carbocycles. The molecule has 36 heavy (non-hydrogen) atoms. The molecular formula is C29H27Cl2N3O2. The van der Waals surface area contributed by atoms with Gasteiger partial charge in [0.25, 0.3) is 5.91 Å². The third kappa shape index (κ3) is 5.32. The van der Waals surface area contributed by atoms with Gasteiger partial charge in [0, 0.05) is 16.1 Å². The maximum absolute atomic E-state index is 14.0. The zero-order valence-corrected chi connectivity index (χ0v) is 21.3. The monoisotopic (exact) mass is 519 g/mol. The second-order valence-electron chi connectivity index (χ2n) is 9.32. The van der Waals surface area contributed by atoms with Crippen LogP contribution >= 0.6 is 23.2 Å². The minimum atomic E-state index is -0.817. The van der Waals surface area contributed by atoms with E-state index >= 15 is 0 Å². The van der Waals surface area contributed by atoms with Gasteiger partial charge in [0.2, 0.25) is 5.91 Å². The molecule has 5 nitrogen and oxygen atoms in total. The molecule has 7 heteroatoms. The lowest BCUT2D eigenvalue weighted by Gasteiger charge is -2.33. The van der Waals surface area contributed by atoms with Crippen LogP contribution in [0.4, 0.5) is 5.69 Å². The molecule has 3 aromatic rings. The standard InChI is InChI=1S/C29H27Cl2N3O2/c30-21-13-11-19(12-14-21)26-18-34(29(36)24-17-22(31)15-16-25(24)33-26)27(20-7-3-1-4-8-20)28(35)32-23-9-5-2-6-10-23/h1,3-4,7-8,11-17,23,27H,2,5-6,9-10,18H2,(H,32,35). The number of amides is 2. The van der Waals surface area contributed by atoms with Crippen LogP contribution in [0.3, 0.4) is 0 Å². The number of nitrogens with one attached hydrogen (secondary N) is 1. The van der Waals surface area contributed by atoms with Gasteiger partial charge in [-0.2, -0.15) is 0 Å². The van der Waals surface area contributed by atoms with Gasteiger partial charge in [-0.05, 0) is 54.3 Å². The first kappa shape index (κ1) is 24.5. The van der Waals surface area contributed by atoms with Gasteiger partial charge in [-0.1, -0.05) is 84.9 Å². The van der Waals surface area contributed by atoms with E-state index in [2.05, 4.69) is 5.32 Å². The fraction of sp³-hybridized carbons (Fsp3) is 0.276. The Kier molecular flexibility index (Phi) is 7.40. The van der Waals surface area contributed by atoms with Crippen molar-refractivity contribution in [1.29, 1.82) is 0 Å². The molecule has 1 heterocycles. The number of aliphatic imine (C=N–C) groups is 1. The Morgan fingerprint density at radius 3 is 2.33 bits per heavy atom. The fourth-order valence-electron chi connectivity index (χ4n) is 4.99. The average molecular weight is 520 g/mol. The lowest BCUT2D eigenvalue weighted by atomic mass is 9.94. The molecule has 0 radical (unpaired) electrons. The molecule has 0 aromatic heterocycles. The van der Waals surface area contributed by atoms with Crippen molar-refractivity contribution in [2.45, 2.75) is 44.2 Å². The van der Waals surface area contributed by atoms with Gasteiger partial charge in [-0.25, -0.2) is 0 Å². The van der Waals surface area contributed by atoms with E-state index in [0.717, 1.165) is 36.8 Å². The summed E-state index contributed by atoms with van der Waals surface area (Å²) in [6.45, 7) is 0.157. The molecule has 0 saturated heterocycles. The van der Waals surface area contributed by atoms with Crippen molar-refractivity contribution in [3.63, 3.8) is 0 Å². The Hall–Kier alpha value is -3.15. The van der Waals surface area contributed by atoms with Crippen molar-refractivity contribution in [3.8, 4) is 0 Å². The van der Waals surface area contributed by atoms with Crippen LogP contribution in [0.25, 0.3) is 0 Å². The van der Waals surface area contributed by atoms with Crippen molar-refractivity contribution >= 4 is 46.4 Å². The molecule has 2 aliphatic rings. The zero-order chi connectivity index (χ0) is 25.1. The number of halogens is 2. The first-order valence-corrected chi connectivity index (χ1v) is 13.0. The van der Waals surface area contributed by atoms with E-state index in [4.69, 9.17) is 28.2 Å². The Bertz CT molecular complexity index is 1290. The van der Waals surface area contributed by atoms with Crippen molar-refractivity contribution < 1.29 is 9.59 Å². The highest BCUT2D eigenvalue weighted by atomic mass is 35.5. The van der Waals surface area contributed by atoms with Crippen molar-refractivity contribution in [2.75, 3.05) is 6.54 Å². The van der Waals surface area contributed by atoms with Crippen LogP contribution < -0.4 is 5.32 Å². The summed E-state index contributed by atoms with van der Waals surface area (Å²) in [6.07, 6.45) is 5.30. The minimum Gasteiger partial charge on any atom is -0.351 e. The van der Waals surface area contributed by atoms with E-state index in [0.29, 0.717) is 27.0 Å². The van der Waals surface area contributed by atoms with Crippen LogP contribution in [0.15, 0.2) is 77.8 Å².